The minimum atomic E-state index is -0.167. The highest BCUT2D eigenvalue weighted by Crippen LogP contribution is 2.07. The third kappa shape index (κ3) is 8.83. The van der Waals surface area contributed by atoms with E-state index in [1.165, 1.54) is 6.26 Å². The van der Waals surface area contributed by atoms with Crippen LogP contribution in [0.5, 0.6) is 0 Å². The summed E-state index contributed by atoms with van der Waals surface area (Å²) in [7, 11) is 0. The quantitative estimate of drug-likeness (QED) is 0.241. The molecule has 0 aliphatic rings. The molecule has 1 amide bonds. The molecule has 6 nitrogen and oxygen atoms in total. The number of amides is 1. The average molecular weight is 436 g/mol. The maximum atomic E-state index is 11.8. The number of hydrogen-bond donors (Lipinski definition) is 3. The lowest BCUT2D eigenvalue weighted by molar-refractivity contribution is 0.0925. The van der Waals surface area contributed by atoms with Crippen molar-refractivity contribution < 1.29 is 9.21 Å². The van der Waals surface area contributed by atoms with Crippen LogP contribution in [0.1, 0.15) is 49.2 Å². The zero-order chi connectivity index (χ0) is 16.2. The Morgan fingerprint density at radius 1 is 1.17 bits per heavy atom. The molecule has 132 valence electrons. The first-order valence-corrected chi connectivity index (χ1v) is 8.03. The molecule has 23 heavy (non-hydrogen) atoms. The van der Waals surface area contributed by atoms with Gasteiger partial charge < -0.3 is 20.4 Å². The summed E-state index contributed by atoms with van der Waals surface area (Å²) in [5.41, 5.74) is 0.852. The Hall–Kier alpha value is -1.25. The highest BCUT2D eigenvalue weighted by Gasteiger charge is 2.11. The van der Waals surface area contributed by atoms with Crippen LogP contribution in [0.4, 0.5) is 0 Å². The standard InChI is InChI=1S/C16H28N4O2.HI/c1-4-6-9-19-16(17-5-2)20-11-7-10-18-15(21)14-13(3)8-12-22-14;/h8,12H,4-7,9-11H2,1-3H3,(H,18,21)(H2,17,19,20);1H. The molecule has 1 heterocycles. The summed E-state index contributed by atoms with van der Waals surface area (Å²) in [5.74, 6) is 1.06. The van der Waals surface area contributed by atoms with Gasteiger partial charge in [-0.1, -0.05) is 13.3 Å². The fourth-order valence-corrected chi connectivity index (χ4v) is 1.88. The van der Waals surface area contributed by atoms with Crippen LogP contribution in [0.3, 0.4) is 0 Å². The molecule has 0 spiro atoms. The molecular formula is C16H29IN4O2. The summed E-state index contributed by atoms with van der Waals surface area (Å²) in [6.45, 7) is 9.07. The van der Waals surface area contributed by atoms with Gasteiger partial charge in [0.05, 0.1) is 6.26 Å². The number of guanidine groups is 1. The summed E-state index contributed by atoms with van der Waals surface area (Å²) in [6.07, 6.45) is 4.60. The second kappa shape index (κ2) is 13.2. The SMILES string of the molecule is CCCCNC(=NCCCNC(=O)c1occc1C)NCC.I. The molecule has 0 saturated carbocycles. The summed E-state index contributed by atoms with van der Waals surface area (Å²) in [6, 6.07) is 1.78. The van der Waals surface area contributed by atoms with Gasteiger partial charge in [-0.2, -0.15) is 0 Å². The molecule has 1 aromatic rings. The molecule has 0 fully saturated rings. The number of carbonyl (C=O) groups is 1. The normalized spacial score (nSPS) is 10.8. The van der Waals surface area contributed by atoms with Crippen LogP contribution in [0.2, 0.25) is 0 Å². The molecule has 1 aromatic heterocycles. The molecular weight excluding hydrogens is 407 g/mol. The van der Waals surface area contributed by atoms with Crippen LogP contribution in [-0.4, -0.2) is 38.0 Å². The van der Waals surface area contributed by atoms with Gasteiger partial charge in [-0.3, -0.25) is 9.79 Å². The zero-order valence-electron chi connectivity index (χ0n) is 14.3. The monoisotopic (exact) mass is 436 g/mol. The van der Waals surface area contributed by atoms with Gasteiger partial charge in [0.1, 0.15) is 0 Å². The van der Waals surface area contributed by atoms with E-state index >= 15 is 0 Å². The first kappa shape index (κ1) is 21.8. The van der Waals surface area contributed by atoms with Crippen LogP contribution < -0.4 is 16.0 Å². The van der Waals surface area contributed by atoms with E-state index in [-0.39, 0.29) is 29.9 Å². The zero-order valence-corrected chi connectivity index (χ0v) is 16.6. The topological polar surface area (TPSA) is 78.7 Å². The number of hydrogen-bond acceptors (Lipinski definition) is 3. The van der Waals surface area contributed by atoms with Gasteiger partial charge in [0.25, 0.3) is 5.91 Å². The lowest BCUT2D eigenvalue weighted by atomic mass is 10.2. The van der Waals surface area contributed by atoms with Gasteiger partial charge in [0.2, 0.25) is 0 Å². The maximum absolute atomic E-state index is 11.8. The van der Waals surface area contributed by atoms with Gasteiger partial charge in [-0.05, 0) is 32.8 Å². The Balaban J connectivity index is 0.00000484. The minimum absolute atomic E-state index is 0. The minimum Gasteiger partial charge on any atom is -0.459 e. The fourth-order valence-electron chi connectivity index (χ4n) is 1.88. The van der Waals surface area contributed by atoms with Crippen LogP contribution in [0.25, 0.3) is 0 Å². The predicted molar refractivity (Wildman–Crippen MR) is 105 cm³/mol. The number of carbonyl (C=O) groups excluding carboxylic acids is 1. The molecule has 0 unspecified atom stereocenters. The van der Waals surface area contributed by atoms with Crippen LogP contribution in [-0.2, 0) is 0 Å². The summed E-state index contributed by atoms with van der Waals surface area (Å²) in [5, 5.41) is 9.34. The number of rotatable bonds is 9. The molecule has 0 aromatic carbocycles. The lowest BCUT2D eigenvalue weighted by Crippen LogP contribution is -2.38. The lowest BCUT2D eigenvalue weighted by Gasteiger charge is -2.10. The van der Waals surface area contributed by atoms with Crippen molar-refractivity contribution in [2.24, 2.45) is 4.99 Å². The smallest absolute Gasteiger partial charge is 0.287 e. The molecule has 0 aliphatic heterocycles. The van der Waals surface area contributed by atoms with Crippen molar-refractivity contribution >= 4 is 35.8 Å². The van der Waals surface area contributed by atoms with E-state index in [9.17, 15) is 4.79 Å². The van der Waals surface area contributed by atoms with Crippen molar-refractivity contribution in [1.29, 1.82) is 0 Å². The number of aryl methyl sites for hydroxylation is 1. The van der Waals surface area contributed by atoms with Crippen molar-refractivity contribution in [3.63, 3.8) is 0 Å². The number of nitrogens with one attached hydrogen (secondary N) is 3. The molecule has 7 heteroatoms. The highest BCUT2D eigenvalue weighted by atomic mass is 127. The van der Waals surface area contributed by atoms with E-state index in [2.05, 4.69) is 27.9 Å². The Bertz CT molecular complexity index is 474. The Labute approximate surface area is 155 Å². The molecule has 1 rings (SSSR count). The Kier molecular flexibility index (Phi) is 12.5. The second-order valence-corrected chi connectivity index (χ2v) is 5.08. The maximum Gasteiger partial charge on any atom is 0.287 e. The van der Waals surface area contributed by atoms with Gasteiger partial charge in [0, 0.05) is 31.7 Å². The molecule has 0 bridgehead atoms. The first-order valence-electron chi connectivity index (χ1n) is 8.03. The molecule has 0 aliphatic carbocycles. The predicted octanol–water partition coefficient (Wildman–Crippen LogP) is 2.68. The number of unbranched alkanes of at least 4 members (excludes halogenated alkanes) is 1. The third-order valence-electron chi connectivity index (χ3n) is 3.13. The largest absolute Gasteiger partial charge is 0.459 e. The van der Waals surface area contributed by atoms with Crippen molar-refractivity contribution in [1.82, 2.24) is 16.0 Å². The van der Waals surface area contributed by atoms with E-state index in [4.69, 9.17) is 4.42 Å². The second-order valence-electron chi connectivity index (χ2n) is 5.08. The van der Waals surface area contributed by atoms with Crippen molar-refractivity contribution in [3.05, 3.63) is 23.7 Å². The van der Waals surface area contributed by atoms with Gasteiger partial charge in [-0.25, -0.2) is 0 Å². The number of nitrogens with zero attached hydrogens (tertiary/aromatic N) is 1. The van der Waals surface area contributed by atoms with Gasteiger partial charge in [0.15, 0.2) is 11.7 Å². The van der Waals surface area contributed by atoms with Crippen LogP contribution >= 0.6 is 24.0 Å². The van der Waals surface area contributed by atoms with Crippen molar-refractivity contribution in [2.45, 2.75) is 40.0 Å². The van der Waals surface area contributed by atoms with Crippen LogP contribution in [0.15, 0.2) is 21.7 Å². The van der Waals surface area contributed by atoms with Crippen molar-refractivity contribution in [2.75, 3.05) is 26.2 Å². The number of halogens is 1. The number of aliphatic imine (C=N–C) groups is 1. The molecule has 0 radical (unpaired) electrons. The highest BCUT2D eigenvalue weighted by molar-refractivity contribution is 14.0. The summed E-state index contributed by atoms with van der Waals surface area (Å²) in [4.78, 5) is 16.3. The summed E-state index contributed by atoms with van der Waals surface area (Å²) < 4.78 is 5.15. The average Bonchev–Trinajstić information content (AvgIpc) is 2.93. The summed E-state index contributed by atoms with van der Waals surface area (Å²) >= 11 is 0. The Morgan fingerprint density at radius 2 is 1.91 bits per heavy atom. The molecule has 0 atom stereocenters. The molecule has 0 saturated heterocycles. The fraction of sp³-hybridized carbons (Fsp3) is 0.625. The van der Waals surface area contributed by atoms with E-state index in [1.807, 2.05) is 13.8 Å². The van der Waals surface area contributed by atoms with E-state index in [0.717, 1.165) is 43.9 Å². The van der Waals surface area contributed by atoms with Gasteiger partial charge in [-0.15, -0.1) is 24.0 Å². The van der Waals surface area contributed by atoms with E-state index < -0.39 is 0 Å². The Morgan fingerprint density at radius 3 is 2.52 bits per heavy atom. The van der Waals surface area contributed by atoms with Gasteiger partial charge >= 0.3 is 0 Å². The number of furan rings is 1. The van der Waals surface area contributed by atoms with Crippen molar-refractivity contribution in [3.8, 4) is 0 Å². The van der Waals surface area contributed by atoms with E-state index in [1.54, 1.807) is 6.07 Å². The van der Waals surface area contributed by atoms with Crippen LogP contribution in [0, 0.1) is 6.92 Å². The first-order chi connectivity index (χ1) is 10.7. The van der Waals surface area contributed by atoms with E-state index in [0.29, 0.717) is 18.8 Å². The molecule has 3 N–H and O–H groups in total. The third-order valence-corrected chi connectivity index (χ3v) is 3.13.